The summed E-state index contributed by atoms with van der Waals surface area (Å²) in [6.07, 6.45) is 0.0281. The molecule has 0 aliphatic carbocycles. The van der Waals surface area contributed by atoms with Crippen LogP contribution in [0.25, 0.3) is 0 Å². The summed E-state index contributed by atoms with van der Waals surface area (Å²) in [5.74, 6) is 0.503. The molecule has 23 heavy (non-hydrogen) atoms. The lowest BCUT2D eigenvalue weighted by Crippen LogP contribution is -2.28. The molecule has 0 aliphatic heterocycles. The topological polar surface area (TPSA) is 38.3 Å². The normalized spacial score (nSPS) is 12.1. The Morgan fingerprint density at radius 1 is 1.04 bits per heavy atom. The Morgan fingerprint density at radius 3 is 2.43 bits per heavy atom. The predicted molar refractivity (Wildman–Crippen MR) is 94.0 cm³/mol. The number of hydrogen-bond donors (Lipinski definition) is 1. The van der Waals surface area contributed by atoms with Crippen molar-refractivity contribution in [3.8, 4) is 5.75 Å². The first-order chi connectivity index (χ1) is 10.9. The Hall–Kier alpha value is -2.29. The van der Waals surface area contributed by atoms with E-state index < -0.39 is 0 Å². The molecule has 0 aromatic heterocycles. The summed E-state index contributed by atoms with van der Waals surface area (Å²) in [4.78, 5) is 12.6. The lowest BCUT2D eigenvalue weighted by molar-refractivity contribution is 0.0934. The maximum absolute atomic E-state index is 12.6. The van der Waals surface area contributed by atoms with E-state index in [1.807, 2.05) is 39.0 Å². The van der Waals surface area contributed by atoms with Gasteiger partial charge in [0.05, 0.1) is 17.7 Å². The standard InChI is InChI=1S/C20H25NO2/c1-13(2)23-19-9-7-6-8-17(19)20(22)21-16(5)18-12-14(3)10-11-15(18)4/h6-13,16H,1-5H3,(H,21,22). The Labute approximate surface area is 138 Å². The van der Waals surface area contributed by atoms with Crippen molar-refractivity contribution >= 4 is 5.91 Å². The SMILES string of the molecule is Cc1ccc(C)c(C(C)NC(=O)c2ccccc2OC(C)C)c1. The molecule has 0 aliphatic rings. The van der Waals surface area contributed by atoms with Gasteiger partial charge < -0.3 is 10.1 Å². The summed E-state index contributed by atoms with van der Waals surface area (Å²) in [6.45, 7) is 10.0. The molecule has 0 heterocycles. The van der Waals surface area contributed by atoms with Crippen molar-refractivity contribution in [3.63, 3.8) is 0 Å². The minimum atomic E-state index is -0.116. The van der Waals surface area contributed by atoms with E-state index in [9.17, 15) is 4.79 Å². The van der Waals surface area contributed by atoms with Crippen molar-refractivity contribution in [2.45, 2.75) is 46.8 Å². The average Bonchev–Trinajstić information content (AvgIpc) is 2.49. The highest BCUT2D eigenvalue weighted by Crippen LogP contribution is 2.22. The molecule has 1 N–H and O–H groups in total. The molecule has 0 fully saturated rings. The molecule has 0 radical (unpaired) electrons. The van der Waals surface area contributed by atoms with E-state index in [4.69, 9.17) is 4.74 Å². The van der Waals surface area contributed by atoms with Crippen LogP contribution in [0.4, 0.5) is 0 Å². The van der Waals surface area contributed by atoms with Crippen LogP contribution in [0.15, 0.2) is 42.5 Å². The minimum Gasteiger partial charge on any atom is -0.490 e. The fourth-order valence-corrected chi connectivity index (χ4v) is 2.59. The van der Waals surface area contributed by atoms with Gasteiger partial charge in [-0.3, -0.25) is 4.79 Å². The Kier molecular flexibility index (Phi) is 5.43. The van der Waals surface area contributed by atoms with E-state index in [0.29, 0.717) is 11.3 Å². The van der Waals surface area contributed by atoms with E-state index in [1.165, 1.54) is 11.1 Å². The highest BCUT2D eigenvalue weighted by molar-refractivity contribution is 5.97. The third-order valence-corrected chi connectivity index (χ3v) is 3.74. The summed E-state index contributed by atoms with van der Waals surface area (Å²) < 4.78 is 5.74. The monoisotopic (exact) mass is 311 g/mol. The first kappa shape index (κ1) is 17.1. The molecule has 0 saturated carbocycles. The lowest BCUT2D eigenvalue weighted by atomic mass is 9.99. The molecule has 2 aromatic carbocycles. The Bertz CT molecular complexity index is 692. The van der Waals surface area contributed by atoms with Gasteiger partial charge in [0.25, 0.3) is 5.91 Å². The summed E-state index contributed by atoms with van der Waals surface area (Å²) in [7, 11) is 0. The molecule has 2 rings (SSSR count). The second kappa shape index (κ2) is 7.32. The van der Waals surface area contributed by atoms with E-state index in [0.717, 1.165) is 5.56 Å². The van der Waals surface area contributed by atoms with Crippen LogP contribution in [0, 0.1) is 13.8 Å². The van der Waals surface area contributed by atoms with Crippen LogP contribution in [-0.4, -0.2) is 12.0 Å². The number of ether oxygens (including phenoxy) is 1. The first-order valence-electron chi connectivity index (χ1n) is 8.02. The molecule has 0 spiro atoms. The maximum atomic E-state index is 12.6. The van der Waals surface area contributed by atoms with E-state index in [2.05, 4.69) is 37.4 Å². The van der Waals surface area contributed by atoms with Gasteiger partial charge in [-0.25, -0.2) is 0 Å². The van der Waals surface area contributed by atoms with Gasteiger partial charge >= 0.3 is 0 Å². The van der Waals surface area contributed by atoms with Gasteiger partial charge in [0.2, 0.25) is 0 Å². The van der Waals surface area contributed by atoms with Gasteiger partial charge in [0.15, 0.2) is 0 Å². The van der Waals surface area contributed by atoms with Crippen LogP contribution in [-0.2, 0) is 0 Å². The second-order valence-electron chi connectivity index (χ2n) is 6.22. The van der Waals surface area contributed by atoms with Crippen LogP contribution in [0.2, 0.25) is 0 Å². The second-order valence-corrected chi connectivity index (χ2v) is 6.22. The summed E-state index contributed by atoms with van der Waals surface area (Å²) in [5, 5.41) is 3.08. The molecular formula is C20H25NO2. The van der Waals surface area contributed by atoms with E-state index in [1.54, 1.807) is 6.07 Å². The zero-order valence-electron chi connectivity index (χ0n) is 14.5. The summed E-state index contributed by atoms with van der Waals surface area (Å²) in [5.41, 5.74) is 4.07. The number of amides is 1. The van der Waals surface area contributed by atoms with Crippen molar-refractivity contribution in [1.29, 1.82) is 0 Å². The number of aryl methyl sites for hydroxylation is 2. The van der Waals surface area contributed by atoms with Crippen molar-refractivity contribution < 1.29 is 9.53 Å². The molecule has 2 aromatic rings. The number of carbonyl (C=O) groups excluding carboxylic acids is 1. The number of rotatable bonds is 5. The van der Waals surface area contributed by atoms with Gasteiger partial charge in [-0.1, -0.05) is 35.9 Å². The third-order valence-electron chi connectivity index (χ3n) is 3.74. The minimum absolute atomic E-state index is 0.0281. The fraction of sp³-hybridized carbons (Fsp3) is 0.350. The zero-order valence-corrected chi connectivity index (χ0v) is 14.5. The van der Waals surface area contributed by atoms with Crippen molar-refractivity contribution in [2.24, 2.45) is 0 Å². The van der Waals surface area contributed by atoms with Crippen molar-refractivity contribution in [2.75, 3.05) is 0 Å². The van der Waals surface area contributed by atoms with E-state index in [-0.39, 0.29) is 18.1 Å². The number of benzene rings is 2. The van der Waals surface area contributed by atoms with Gasteiger partial charge in [0.1, 0.15) is 5.75 Å². The first-order valence-corrected chi connectivity index (χ1v) is 8.02. The third kappa shape index (κ3) is 4.35. The van der Waals surface area contributed by atoms with Crippen LogP contribution >= 0.6 is 0 Å². The van der Waals surface area contributed by atoms with Crippen molar-refractivity contribution in [3.05, 3.63) is 64.7 Å². The van der Waals surface area contributed by atoms with Gasteiger partial charge in [0, 0.05) is 0 Å². The molecule has 0 bridgehead atoms. The average molecular weight is 311 g/mol. The van der Waals surface area contributed by atoms with Gasteiger partial charge in [-0.15, -0.1) is 0 Å². The molecule has 122 valence electrons. The molecule has 0 saturated heterocycles. The number of para-hydroxylation sites is 1. The predicted octanol–water partition coefficient (Wildman–Crippen LogP) is 4.58. The number of nitrogens with one attached hydrogen (secondary N) is 1. The maximum Gasteiger partial charge on any atom is 0.255 e. The highest BCUT2D eigenvalue weighted by Gasteiger charge is 2.17. The highest BCUT2D eigenvalue weighted by atomic mass is 16.5. The summed E-state index contributed by atoms with van der Waals surface area (Å²) in [6, 6.07) is 13.6. The molecule has 1 atom stereocenters. The van der Waals surface area contributed by atoms with Crippen LogP contribution in [0.1, 0.15) is 53.9 Å². The fourth-order valence-electron chi connectivity index (χ4n) is 2.59. The molecular weight excluding hydrogens is 286 g/mol. The quantitative estimate of drug-likeness (QED) is 0.877. The van der Waals surface area contributed by atoms with Crippen molar-refractivity contribution in [1.82, 2.24) is 5.32 Å². The number of hydrogen-bond acceptors (Lipinski definition) is 2. The molecule has 1 amide bonds. The zero-order chi connectivity index (χ0) is 17.0. The van der Waals surface area contributed by atoms with Crippen LogP contribution in [0.3, 0.4) is 0 Å². The lowest BCUT2D eigenvalue weighted by Gasteiger charge is -2.19. The summed E-state index contributed by atoms with van der Waals surface area (Å²) >= 11 is 0. The smallest absolute Gasteiger partial charge is 0.255 e. The Balaban J connectivity index is 2.20. The van der Waals surface area contributed by atoms with Gasteiger partial charge in [-0.05, 0) is 57.9 Å². The van der Waals surface area contributed by atoms with E-state index >= 15 is 0 Å². The van der Waals surface area contributed by atoms with Gasteiger partial charge in [-0.2, -0.15) is 0 Å². The largest absolute Gasteiger partial charge is 0.490 e. The Morgan fingerprint density at radius 2 is 1.74 bits per heavy atom. The van der Waals surface area contributed by atoms with Crippen LogP contribution < -0.4 is 10.1 Å². The van der Waals surface area contributed by atoms with Crippen LogP contribution in [0.5, 0.6) is 5.75 Å². The molecule has 3 nitrogen and oxygen atoms in total. The molecule has 3 heteroatoms. The molecule has 1 unspecified atom stereocenters. The number of carbonyl (C=O) groups is 1.